The van der Waals surface area contributed by atoms with Crippen LogP contribution in [0.25, 0.3) is 11.0 Å². The van der Waals surface area contributed by atoms with Crippen molar-refractivity contribution in [2.24, 2.45) is 0 Å². The fourth-order valence-electron chi connectivity index (χ4n) is 4.15. The van der Waals surface area contributed by atoms with E-state index in [4.69, 9.17) is 0 Å². The van der Waals surface area contributed by atoms with Crippen molar-refractivity contribution in [2.45, 2.75) is 37.6 Å². The van der Waals surface area contributed by atoms with E-state index in [1.807, 2.05) is 6.07 Å². The summed E-state index contributed by atoms with van der Waals surface area (Å²) in [5.41, 5.74) is 1.27. The lowest BCUT2D eigenvalue weighted by Gasteiger charge is -2.22. The lowest BCUT2D eigenvalue weighted by Crippen LogP contribution is -2.42. The van der Waals surface area contributed by atoms with Crippen molar-refractivity contribution in [3.05, 3.63) is 59.7 Å². The number of halogens is 1. The van der Waals surface area contributed by atoms with Crippen molar-refractivity contribution in [3.63, 3.8) is 0 Å². The number of fused-ring (bicyclic) bond motifs is 1. The van der Waals surface area contributed by atoms with E-state index in [0.29, 0.717) is 17.2 Å². The van der Waals surface area contributed by atoms with E-state index in [0.717, 1.165) is 34.6 Å². The summed E-state index contributed by atoms with van der Waals surface area (Å²) in [6.45, 7) is 1.10. The number of aromatic amines is 1. The molecule has 0 bridgehead atoms. The molecule has 1 unspecified atom stereocenters. The molecule has 2 fully saturated rings. The molecule has 164 valence electrons. The van der Waals surface area contributed by atoms with Crippen molar-refractivity contribution >= 4 is 34.6 Å². The normalized spacial score (nSPS) is 21.0. The topological polar surface area (TPSA) is 107 Å². The predicted octanol–water partition coefficient (Wildman–Crippen LogP) is 3.38. The van der Waals surface area contributed by atoms with Crippen molar-refractivity contribution in [1.29, 1.82) is 0 Å². The number of nitrogens with one attached hydrogen (secondary N) is 3. The first-order valence-electron chi connectivity index (χ1n) is 10.5. The lowest BCUT2D eigenvalue weighted by atomic mass is 9.85. The number of carbonyl (C=O) groups is 3. The summed E-state index contributed by atoms with van der Waals surface area (Å²) < 4.78 is 13.2. The Bertz CT molecular complexity index is 1230. The molecule has 8 nitrogen and oxygen atoms in total. The Labute approximate surface area is 183 Å². The molecule has 1 aliphatic heterocycles. The van der Waals surface area contributed by atoms with E-state index < -0.39 is 35.7 Å². The lowest BCUT2D eigenvalue weighted by molar-refractivity contribution is -0.133. The van der Waals surface area contributed by atoms with E-state index in [9.17, 15) is 18.8 Å². The molecule has 32 heavy (non-hydrogen) atoms. The highest BCUT2D eigenvalue weighted by molar-refractivity contribution is 6.10. The van der Waals surface area contributed by atoms with Crippen LogP contribution in [0.15, 0.2) is 42.5 Å². The van der Waals surface area contributed by atoms with Gasteiger partial charge >= 0.3 is 6.03 Å². The van der Waals surface area contributed by atoms with Crippen molar-refractivity contribution in [1.82, 2.24) is 20.2 Å². The van der Waals surface area contributed by atoms with Crippen LogP contribution in [-0.2, 0) is 15.1 Å². The van der Waals surface area contributed by atoms with Crippen LogP contribution in [0.1, 0.15) is 43.5 Å². The van der Waals surface area contributed by atoms with E-state index in [1.165, 1.54) is 37.6 Å². The molecule has 1 saturated heterocycles. The van der Waals surface area contributed by atoms with Gasteiger partial charge in [0.25, 0.3) is 5.91 Å². The molecule has 0 spiro atoms. The average molecular weight is 435 g/mol. The Morgan fingerprint density at radius 2 is 1.97 bits per heavy atom. The van der Waals surface area contributed by atoms with Gasteiger partial charge in [0, 0.05) is 11.6 Å². The molecule has 2 aliphatic rings. The highest BCUT2D eigenvalue weighted by Gasteiger charge is 2.49. The van der Waals surface area contributed by atoms with Gasteiger partial charge in [0.15, 0.2) is 0 Å². The minimum atomic E-state index is -1.36. The molecule has 5 rings (SSSR count). The van der Waals surface area contributed by atoms with Crippen LogP contribution in [0.2, 0.25) is 0 Å². The van der Waals surface area contributed by atoms with Crippen molar-refractivity contribution in [3.8, 4) is 0 Å². The van der Waals surface area contributed by atoms with E-state index >= 15 is 0 Å². The number of benzene rings is 2. The molecule has 1 saturated carbocycles. The van der Waals surface area contributed by atoms with E-state index in [2.05, 4.69) is 20.6 Å². The second-order valence-corrected chi connectivity index (χ2v) is 8.48. The number of nitrogens with zero attached hydrogens (tertiary/aromatic N) is 2. The van der Waals surface area contributed by atoms with Crippen LogP contribution in [0.5, 0.6) is 0 Å². The molecule has 2 heterocycles. The Kier molecular flexibility index (Phi) is 4.69. The van der Waals surface area contributed by atoms with E-state index in [1.54, 1.807) is 12.1 Å². The van der Waals surface area contributed by atoms with E-state index in [-0.39, 0.29) is 0 Å². The number of imide groups is 1. The molecule has 3 aromatic rings. The third-order valence-corrected chi connectivity index (χ3v) is 6.27. The highest BCUT2D eigenvalue weighted by Crippen LogP contribution is 2.35. The first kappa shape index (κ1) is 20.2. The summed E-state index contributed by atoms with van der Waals surface area (Å²) in [5.74, 6) is -0.0857. The zero-order valence-corrected chi connectivity index (χ0v) is 17.4. The molecule has 2 aromatic carbocycles. The Hall–Kier alpha value is -3.75. The van der Waals surface area contributed by atoms with Crippen molar-refractivity contribution < 1.29 is 18.8 Å². The minimum absolute atomic E-state index is 0.435. The quantitative estimate of drug-likeness (QED) is 0.534. The maximum absolute atomic E-state index is 13.2. The van der Waals surface area contributed by atoms with Gasteiger partial charge in [-0.3, -0.25) is 14.5 Å². The number of carbonyl (C=O) groups excluding carboxylic acids is 3. The first-order chi connectivity index (χ1) is 15.3. The molecular formula is C23H22FN5O3. The van der Waals surface area contributed by atoms with Crippen LogP contribution in [0.4, 0.5) is 14.9 Å². The fourth-order valence-corrected chi connectivity index (χ4v) is 4.15. The second-order valence-electron chi connectivity index (χ2n) is 8.48. The summed E-state index contributed by atoms with van der Waals surface area (Å²) in [6.07, 6.45) is 3.48. The number of urea groups is 1. The average Bonchev–Trinajstić information content (AvgIpc) is 3.21. The maximum atomic E-state index is 13.2. The fraction of sp³-hybridized carbons (Fsp3) is 0.304. The van der Waals surface area contributed by atoms with Gasteiger partial charge in [0.2, 0.25) is 5.91 Å². The maximum Gasteiger partial charge on any atom is 0.325 e. The number of hydrogen-bond acceptors (Lipinski definition) is 4. The minimum Gasteiger partial charge on any atom is -0.342 e. The smallest absolute Gasteiger partial charge is 0.325 e. The van der Waals surface area contributed by atoms with Gasteiger partial charge in [-0.2, -0.15) is 0 Å². The SMILES string of the molecule is CC1(c2ccc(F)cc2)NC(=O)N(CC(=O)Nc2ccc3nc(C4CCC4)[nH]c3c2)C1=O. The van der Waals surface area contributed by atoms with Crippen LogP contribution in [0.3, 0.4) is 0 Å². The van der Waals surface area contributed by atoms with Gasteiger partial charge in [-0.1, -0.05) is 18.6 Å². The zero-order chi connectivity index (χ0) is 22.5. The summed E-state index contributed by atoms with van der Waals surface area (Å²) in [5, 5.41) is 5.34. The number of rotatable bonds is 5. The van der Waals surface area contributed by atoms with Crippen LogP contribution in [-0.4, -0.2) is 39.3 Å². The summed E-state index contributed by atoms with van der Waals surface area (Å²) >= 11 is 0. The number of imidazole rings is 1. The number of aromatic nitrogens is 2. The third kappa shape index (κ3) is 3.39. The number of hydrogen-bond donors (Lipinski definition) is 3. The first-order valence-corrected chi connectivity index (χ1v) is 10.5. The Balaban J connectivity index is 1.28. The highest BCUT2D eigenvalue weighted by atomic mass is 19.1. The van der Waals surface area contributed by atoms with Gasteiger partial charge in [-0.25, -0.2) is 14.2 Å². The summed E-state index contributed by atoms with van der Waals surface area (Å²) in [4.78, 5) is 46.8. The summed E-state index contributed by atoms with van der Waals surface area (Å²) in [7, 11) is 0. The predicted molar refractivity (Wildman–Crippen MR) is 115 cm³/mol. The van der Waals surface area contributed by atoms with Crippen molar-refractivity contribution in [2.75, 3.05) is 11.9 Å². The molecule has 1 aromatic heterocycles. The number of anilines is 1. The zero-order valence-electron chi connectivity index (χ0n) is 17.4. The van der Waals surface area contributed by atoms with Crippen LogP contribution >= 0.6 is 0 Å². The van der Waals surface area contributed by atoms with Gasteiger partial charge in [-0.05, 0) is 55.7 Å². The van der Waals surface area contributed by atoms with Gasteiger partial charge in [0.1, 0.15) is 23.7 Å². The standard InChI is InChI=1S/C23H22FN5O3/c1-23(14-5-7-15(24)8-6-14)21(31)29(22(32)28-23)12-19(30)25-16-9-10-17-18(11-16)27-20(26-17)13-3-2-4-13/h5-11,13H,2-4,12H2,1H3,(H,25,30)(H,26,27)(H,28,32). The molecule has 0 radical (unpaired) electrons. The second kappa shape index (κ2) is 7.44. The third-order valence-electron chi connectivity index (χ3n) is 6.27. The molecule has 3 N–H and O–H groups in total. The number of amides is 4. The molecule has 4 amide bonds. The molecule has 1 aliphatic carbocycles. The van der Waals surface area contributed by atoms with Gasteiger partial charge in [0.05, 0.1) is 11.0 Å². The largest absolute Gasteiger partial charge is 0.342 e. The summed E-state index contributed by atoms with van der Waals surface area (Å²) in [6, 6.07) is 9.99. The monoisotopic (exact) mass is 435 g/mol. The molecule has 1 atom stereocenters. The Morgan fingerprint density at radius 1 is 1.22 bits per heavy atom. The van der Waals surface area contributed by atoms with Crippen LogP contribution < -0.4 is 10.6 Å². The number of H-pyrrole nitrogens is 1. The van der Waals surface area contributed by atoms with Gasteiger partial charge in [-0.15, -0.1) is 0 Å². The molecular weight excluding hydrogens is 413 g/mol. The molecule has 9 heteroatoms. The Morgan fingerprint density at radius 3 is 2.66 bits per heavy atom. The van der Waals surface area contributed by atoms with Gasteiger partial charge < -0.3 is 15.6 Å². The van der Waals surface area contributed by atoms with Crippen LogP contribution in [0, 0.1) is 5.82 Å².